The van der Waals surface area contributed by atoms with Gasteiger partial charge >= 0.3 is 0 Å². The minimum atomic E-state index is -0.451. The summed E-state index contributed by atoms with van der Waals surface area (Å²) in [7, 11) is 0. The van der Waals surface area contributed by atoms with E-state index >= 15 is 0 Å². The van der Waals surface area contributed by atoms with Crippen LogP contribution >= 0.6 is 0 Å². The monoisotopic (exact) mass is 371 g/mol. The molecule has 0 saturated carbocycles. The lowest BCUT2D eigenvalue weighted by Crippen LogP contribution is -2.47. The Morgan fingerprint density at radius 1 is 1.22 bits per heavy atom. The van der Waals surface area contributed by atoms with Crippen LogP contribution in [-0.2, 0) is 11.2 Å². The summed E-state index contributed by atoms with van der Waals surface area (Å²) in [4.78, 5) is 26.8. The molecule has 0 radical (unpaired) electrons. The third-order valence-corrected chi connectivity index (χ3v) is 4.24. The summed E-state index contributed by atoms with van der Waals surface area (Å²) in [6, 6.07) is 11.0. The number of nitrogens with zero attached hydrogens (tertiary/aromatic N) is 2. The number of benzene rings is 1. The summed E-state index contributed by atoms with van der Waals surface area (Å²) in [6.07, 6.45) is 2.35. The lowest BCUT2D eigenvalue weighted by molar-refractivity contribution is -0.384. The van der Waals surface area contributed by atoms with Crippen LogP contribution in [-0.4, -0.2) is 34.4 Å². The molecule has 2 aromatic rings. The van der Waals surface area contributed by atoms with E-state index in [4.69, 9.17) is 5.73 Å². The van der Waals surface area contributed by atoms with Crippen molar-refractivity contribution in [2.24, 2.45) is 5.73 Å². The smallest absolute Gasteiger partial charge is 0.269 e. The molecule has 0 bridgehead atoms. The van der Waals surface area contributed by atoms with Crippen LogP contribution < -0.4 is 16.4 Å². The van der Waals surface area contributed by atoms with Gasteiger partial charge in [0, 0.05) is 43.0 Å². The van der Waals surface area contributed by atoms with Gasteiger partial charge in [0.25, 0.3) is 5.69 Å². The van der Waals surface area contributed by atoms with Gasteiger partial charge < -0.3 is 16.4 Å². The van der Waals surface area contributed by atoms with Crippen LogP contribution in [0, 0.1) is 10.1 Å². The van der Waals surface area contributed by atoms with Gasteiger partial charge in [0.1, 0.15) is 0 Å². The van der Waals surface area contributed by atoms with Crippen molar-refractivity contribution in [2.45, 2.75) is 38.4 Å². The molecular formula is C19H25N5O3. The molecule has 1 amide bonds. The molecule has 144 valence electrons. The van der Waals surface area contributed by atoms with Gasteiger partial charge in [0.15, 0.2) is 0 Å². The highest BCUT2D eigenvalue weighted by molar-refractivity contribution is 5.81. The normalized spacial score (nSPS) is 14.2. The zero-order valence-electron chi connectivity index (χ0n) is 15.5. The van der Waals surface area contributed by atoms with Crippen LogP contribution in [0.15, 0.2) is 48.7 Å². The number of rotatable bonds is 9. The van der Waals surface area contributed by atoms with E-state index in [0.717, 1.165) is 11.3 Å². The number of hydrogen-bond acceptors (Lipinski definition) is 6. The number of nitro groups is 1. The topological polar surface area (TPSA) is 123 Å². The Balaban J connectivity index is 1.79. The average molecular weight is 371 g/mol. The van der Waals surface area contributed by atoms with E-state index in [0.29, 0.717) is 13.0 Å². The number of amides is 1. The Hall–Kier alpha value is -2.84. The van der Waals surface area contributed by atoms with Crippen molar-refractivity contribution < 1.29 is 9.72 Å². The van der Waals surface area contributed by atoms with Crippen LogP contribution in [0.3, 0.4) is 0 Å². The largest absolute Gasteiger partial charge is 0.348 e. The molecule has 0 unspecified atom stereocenters. The number of pyridine rings is 1. The predicted octanol–water partition coefficient (Wildman–Crippen LogP) is 1.72. The second kappa shape index (κ2) is 9.75. The Morgan fingerprint density at radius 2 is 1.93 bits per heavy atom. The number of carbonyl (C=O) groups is 1. The van der Waals surface area contributed by atoms with E-state index in [1.54, 1.807) is 25.3 Å². The van der Waals surface area contributed by atoms with Gasteiger partial charge in [-0.05, 0) is 31.5 Å². The van der Waals surface area contributed by atoms with Crippen molar-refractivity contribution in [3.8, 4) is 0 Å². The van der Waals surface area contributed by atoms with Crippen LogP contribution in [0.5, 0.6) is 0 Å². The first-order chi connectivity index (χ1) is 12.9. The minimum absolute atomic E-state index is 0.0224. The molecule has 1 aromatic heterocycles. The highest BCUT2D eigenvalue weighted by Gasteiger charge is 2.17. The summed E-state index contributed by atoms with van der Waals surface area (Å²) in [5.74, 6) is -0.161. The number of aromatic nitrogens is 1. The van der Waals surface area contributed by atoms with E-state index in [1.807, 2.05) is 25.1 Å². The number of non-ortho nitro benzene ring substituents is 1. The van der Waals surface area contributed by atoms with Gasteiger partial charge in [-0.2, -0.15) is 0 Å². The molecule has 2 rings (SSSR count). The first kappa shape index (κ1) is 20.5. The Bertz CT molecular complexity index is 752. The van der Waals surface area contributed by atoms with Crippen molar-refractivity contribution in [3.05, 3.63) is 70.0 Å². The Kier molecular flexibility index (Phi) is 7.39. The fourth-order valence-corrected chi connectivity index (χ4v) is 2.59. The summed E-state index contributed by atoms with van der Waals surface area (Å²) >= 11 is 0. The number of nitrogens with two attached hydrogens (primary N) is 1. The van der Waals surface area contributed by atoms with Crippen molar-refractivity contribution in [1.82, 2.24) is 15.6 Å². The van der Waals surface area contributed by atoms with Crippen LogP contribution in [0.1, 0.15) is 31.1 Å². The number of carbonyl (C=O) groups excluding carboxylic acids is 1. The lowest BCUT2D eigenvalue weighted by atomic mass is 10.1. The summed E-state index contributed by atoms with van der Waals surface area (Å²) in [5, 5.41) is 16.7. The van der Waals surface area contributed by atoms with Crippen molar-refractivity contribution >= 4 is 11.6 Å². The quantitative estimate of drug-likeness (QED) is 0.455. The SMILES string of the molecule is C[C@H](NC[C@@H](N)Cc1ccccn1)C(=O)N[C@H](C)c1ccc([N+](=O)[O-])cc1. The van der Waals surface area contributed by atoms with Gasteiger partial charge in [-0.15, -0.1) is 0 Å². The minimum Gasteiger partial charge on any atom is -0.348 e. The Morgan fingerprint density at radius 3 is 2.52 bits per heavy atom. The third kappa shape index (κ3) is 6.43. The first-order valence-corrected chi connectivity index (χ1v) is 8.80. The van der Waals surface area contributed by atoms with Crippen molar-refractivity contribution in [1.29, 1.82) is 0 Å². The van der Waals surface area contributed by atoms with Gasteiger partial charge in [-0.1, -0.05) is 18.2 Å². The summed E-state index contributed by atoms with van der Waals surface area (Å²) < 4.78 is 0. The third-order valence-electron chi connectivity index (χ3n) is 4.24. The first-order valence-electron chi connectivity index (χ1n) is 8.80. The Labute approximate surface area is 158 Å². The molecule has 27 heavy (non-hydrogen) atoms. The molecule has 0 spiro atoms. The molecule has 1 heterocycles. The number of nitrogens with one attached hydrogen (secondary N) is 2. The van der Waals surface area contributed by atoms with Crippen LogP contribution in [0.25, 0.3) is 0 Å². The standard InChI is InChI=1S/C19H25N5O3/c1-13(15-6-8-18(9-7-15)24(26)27)23-19(25)14(2)22-12-16(20)11-17-5-3-4-10-21-17/h3-10,13-14,16,22H,11-12,20H2,1-2H3,(H,23,25)/t13-,14+,16+/m1/s1. The van der Waals surface area contributed by atoms with Crippen molar-refractivity contribution in [2.75, 3.05) is 6.54 Å². The highest BCUT2D eigenvalue weighted by Crippen LogP contribution is 2.17. The fourth-order valence-electron chi connectivity index (χ4n) is 2.59. The second-order valence-electron chi connectivity index (χ2n) is 6.49. The van der Waals surface area contributed by atoms with Gasteiger partial charge in [0.2, 0.25) is 5.91 Å². The number of nitro benzene ring substituents is 1. The van der Waals surface area contributed by atoms with Gasteiger partial charge in [-0.25, -0.2) is 0 Å². The molecule has 4 N–H and O–H groups in total. The maximum Gasteiger partial charge on any atom is 0.269 e. The number of hydrogen-bond donors (Lipinski definition) is 3. The molecule has 0 aliphatic rings. The van der Waals surface area contributed by atoms with E-state index in [-0.39, 0.29) is 23.7 Å². The summed E-state index contributed by atoms with van der Waals surface area (Å²) in [5.41, 5.74) is 7.83. The fraction of sp³-hybridized carbons (Fsp3) is 0.368. The van der Waals surface area contributed by atoms with Crippen LogP contribution in [0.2, 0.25) is 0 Å². The molecule has 8 nitrogen and oxygen atoms in total. The van der Waals surface area contributed by atoms with E-state index in [1.165, 1.54) is 12.1 Å². The van der Waals surface area contributed by atoms with E-state index in [2.05, 4.69) is 15.6 Å². The summed E-state index contributed by atoms with van der Waals surface area (Å²) in [6.45, 7) is 4.08. The van der Waals surface area contributed by atoms with E-state index < -0.39 is 11.0 Å². The van der Waals surface area contributed by atoms with Gasteiger partial charge in [-0.3, -0.25) is 19.9 Å². The van der Waals surface area contributed by atoms with Crippen molar-refractivity contribution in [3.63, 3.8) is 0 Å². The molecule has 0 aliphatic heterocycles. The zero-order valence-corrected chi connectivity index (χ0v) is 15.5. The van der Waals surface area contributed by atoms with Crippen LogP contribution in [0.4, 0.5) is 5.69 Å². The molecule has 3 atom stereocenters. The molecule has 0 saturated heterocycles. The van der Waals surface area contributed by atoms with Gasteiger partial charge in [0.05, 0.1) is 17.0 Å². The highest BCUT2D eigenvalue weighted by atomic mass is 16.6. The maximum atomic E-state index is 12.3. The average Bonchev–Trinajstić information content (AvgIpc) is 2.66. The second-order valence-corrected chi connectivity index (χ2v) is 6.49. The zero-order chi connectivity index (χ0) is 19.8. The predicted molar refractivity (Wildman–Crippen MR) is 103 cm³/mol. The lowest BCUT2D eigenvalue weighted by Gasteiger charge is -2.20. The molecule has 0 fully saturated rings. The molecule has 8 heteroatoms. The molecule has 0 aliphatic carbocycles. The molecule has 1 aromatic carbocycles. The molecular weight excluding hydrogens is 346 g/mol. The maximum absolute atomic E-state index is 12.3. The van der Waals surface area contributed by atoms with E-state index in [9.17, 15) is 14.9 Å².